The Kier molecular flexibility index (Phi) is 4.77. The summed E-state index contributed by atoms with van der Waals surface area (Å²) in [5.41, 5.74) is 0. The van der Waals surface area contributed by atoms with Gasteiger partial charge in [-0.15, -0.1) is 0 Å². The fourth-order valence-corrected chi connectivity index (χ4v) is 2.11. The summed E-state index contributed by atoms with van der Waals surface area (Å²) in [5.74, 6) is 2.50. The first-order chi connectivity index (χ1) is 9.90. The number of benzene rings is 1. The van der Waals surface area contributed by atoms with Crippen LogP contribution in [0.4, 0.5) is 0 Å². The minimum atomic E-state index is 0.291. The van der Waals surface area contributed by atoms with Crippen LogP contribution in [0.25, 0.3) is 0 Å². The largest absolute Gasteiger partial charge is 0.491 e. The molecule has 0 aromatic heterocycles. The molecule has 110 valence electrons. The van der Waals surface area contributed by atoms with E-state index in [9.17, 15) is 0 Å². The van der Waals surface area contributed by atoms with Gasteiger partial charge in [0.1, 0.15) is 30.8 Å². The highest BCUT2D eigenvalue weighted by Crippen LogP contribution is 2.26. The maximum Gasteiger partial charge on any atom is 0.119 e. The molecular weight excluding hydrogens is 256 g/mol. The summed E-state index contributed by atoms with van der Waals surface area (Å²) >= 11 is 0. The Balaban J connectivity index is 1.28. The van der Waals surface area contributed by atoms with E-state index in [1.807, 2.05) is 24.3 Å². The van der Waals surface area contributed by atoms with Crippen LogP contribution in [0.3, 0.4) is 0 Å². The topological polar surface area (TPSA) is 40.2 Å². The van der Waals surface area contributed by atoms with Crippen molar-refractivity contribution in [3.63, 3.8) is 0 Å². The molecule has 4 heteroatoms. The molecule has 0 N–H and O–H groups in total. The van der Waals surface area contributed by atoms with Crippen molar-refractivity contribution in [2.45, 2.75) is 25.4 Å². The zero-order valence-electron chi connectivity index (χ0n) is 11.8. The molecule has 0 radical (unpaired) electrons. The highest BCUT2D eigenvalue weighted by Gasteiger charge is 2.22. The maximum atomic E-state index is 5.63. The van der Waals surface area contributed by atoms with Gasteiger partial charge in [-0.2, -0.15) is 0 Å². The number of ether oxygens (including phenoxy) is 4. The van der Waals surface area contributed by atoms with E-state index >= 15 is 0 Å². The summed E-state index contributed by atoms with van der Waals surface area (Å²) in [6.45, 7) is 3.60. The monoisotopic (exact) mass is 278 g/mol. The van der Waals surface area contributed by atoms with E-state index < -0.39 is 0 Å². The van der Waals surface area contributed by atoms with E-state index in [0.29, 0.717) is 25.9 Å². The Morgan fingerprint density at radius 2 is 1.65 bits per heavy atom. The first kappa shape index (κ1) is 13.7. The van der Waals surface area contributed by atoms with Gasteiger partial charge in [0.25, 0.3) is 0 Å². The SMILES string of the molecule is c1cc(OCC2CO2)ccc1OCCOCC1CCC1. The molecule has 3 rings (SSSR count). The van der Waals surface area contributed by atoms with Crippen molar-refractivity contribution in [2.24, 2.45) is 5.92 Å². The minimum absolute atomic E-state index is 0.291. The van der Waals surface area contributed by atoms with Crippen molar-refractivity contribution in [1.29, 1.82) is 0 Å². The third-order valence-corrected chi connectivity index (χ3v) is 3.74. The van der Waals surface area contributed by atoms with E-state index in [-0.39, 0.29) is 0 Å². The van der Waals surface area contributed by atoms with Gasteiger partial charge in [-0.25, -0.2) is 0 Å². The predicted molar refractivity (Wildman–Crippen MR) is 75.3 cm³/mol. The zero-order chi connectivity index (χ0) is 13.6. The van der Waals surface area contributed by atoms with Gasteiger partial charge in [0.05, 0.1) is 13.2 Å². The van der Waals surface area contributed by atoms with Gasteiger partial charge in [0, 0.05) is 6.61 Å². The molecule has 1 unspecified atom stereocenters. The van der Waals surface area contributed by atoms with Gasteiger partial charge in [-0.05, 0) is 43.0 Å². The summed E-state index contributed by atoms with van der Waals surface area (Å²) in [4.78, 5) is 0. The average Bonchev–Trinajstić information content (AvgIpc) is 3.24. The normalized spacial score (nSPS) is 21.3. The van der Waals surface area contributed by atoms with Crippen LogP contribution in [0.1, 0.15) is 19.3 Å². The molecular formula is C16H22O4. The molecule has 0 spiro atoms. The standard InChI is InChI=1S/C16H22O4/c1-2-13(3-1)10-17-8-9-18-14-4-6-15(7-5-14)19-11-16-12-20-16/h4-7,13,16H,1-3,8-12H2. The molecule has 1 aliphatic carbocycles. The Bertz CT molecular complexity index is 395. The van der Waals surface area contributed by atoms with E-state index in [1.165, 1.54) is 19.3 Å². The lowest BCUT2D eigenvalue weighted by molar-refractivity contribution is 0.0516. The van der Waals surface area contributed by atoms with Gasteiger partial charge < -0.3 is 18.9 Å². The fraction of sp³-hybridized carbons (Fsp3) is 0.625. The predicted octanol–water partition coefficient (Wildman–Crippen LogP) is 2.66. The van der Waals surface area contributed by atoms with Crippen molar-refractivity contribution in [3.05, 3.63) is 24.3 Å². The van der Waals surface area contributed by atoms with Gasteiger partial charge in [0.15, 0.2) is 0 Å². The van der Waals surface area contributed by atoms with Crippen LogP contribution in [0, 0.1) is 5.92 Å². The molecule has 1 atom stereocenters. The van der Waals surface area contributed by atoms with E-state index in [2.05, 4.69) is 0 Å². The number of epoxide rings is 1. The van der Waals surface area contributed by atoms with E-state index in [4.69, 9.17) is 18.9 Å². The Morgan fingerprint density at radius 1 is 0.950 bits per heavy atom. The van der Waals surface area contributed by atoms with Crippen LogP contribution in [0.2, 0.25) is 0 Å². The number of hydrogen-bond donors (Lipinski definition) is 0. The average molecular weight is 278 g/mol. The van der Waals surface area contributed by atoms with Crippen LogP contribution in [-0.4, -0.2) is 39.1 Å². The van der Waals surface area contributed by atoms with Gasteiger partial charge in [-0.1, -0.05) is 6.42 Å². The molecule has 0 amide bonds. The third kappa shape index (κ3) is 4.39. The molecule has 0 bridgehead atoms. The van der Waals surface area contributed by atoms with Crippen LogP contribution >= 0.6 is 0 Å². The van der Waals surface area contributed by atoms with E-state index in [1.54, 1.807) is 0 Å². The minimum Gasteiger partial charge on any atom is -0.491 e. The fourth-order valence-electron chi connectivity index (χ4n) is 2.11. The highest BCUT2D eigenvalue weighted by molar-refractivity contribution is 5.31. The quantitative estimate of drug-likeness (QED) is 0.514. The van der Waals surface area contributed by atoms with Crippen LogP contribution in [0.5, 0.6) is 11.5 Å². The number of rotatable bonds is 9. The molecule has 1 aromatic carbocycles. The molecule has 1 saturated carbocycles. The lowest BCUT2D eigenvalue weighted by Crippen LogP contribution is -2.19. The maximum absolute atomic E-state index is 5.63. The summed E-state index contributed by atoms with van der Waals surface area (Å²) < 4.78 is 21.9. The second-order valence-corrected chi connectivity index (χ2v) is 5.46. The summed E-state index contributed by atoms with van der Waals surface area (Å²) in [6, 6.07) is 7.70. The lowest BCUT2D eigenvalue weighted by Gasteiger charge is -2.24. The van der Waals surface area contributed by atoms with Crippen LogP contribution in [-0.2, 0) is 9.47 Å². The second-order valence-electron chi connectivity index (χ2n) is 5.46. The van der Waals surface area contributed by atoms with Gasteiger partial charge in [0.2, 0.25) is 0 Å². The van der Waals surface area contributed by atoms with Crippen molar-refractivity contribution in [3.8, 4) is 11.5 Å². The van der Waals surface area contributed by atoms with Gasteiger partial charge >= 0.3 is 0 Å². The molecule has 1 aromatic rings. The molecule has 1 heterocycles. The van der Waals surface area contributed by atoms with E-state index in [0.717, 1.165) is 30.6 Å². The molecule has 2 aliphatic rings. The Hall–Kier alpha value is -1.26. The van der Waals surface area contributed by atoms with Crippen LogP contribution in [0.15, 0.2) is 24.3 Å². The second kappa shape index (κ2) is 6.95. The van der Waals surface area contributed by atoms with Crippen molar-refractivity contribution in [1.82, 2.24) is 0 Å². The highest BCUT2D eigenvalue weighted by atomic mass is 16.6. The Morgan fingerprint density at radius 3 is 2.25 bits per heavy atom. The number of hydrogen-bond acceptors (Lipinski definition) is 4. The molecule has 4 nitrogen and oxygen atoms in total. The molecule has 2 fully saturated rings. The molecule has 1 saturated heterocycles. The lowest BCUT2D eigenvalue weighted by atomic mass is 9.86. The summed E-state index contributed by atoms with van der Waals surface area (Å²) in [6.07, 6.45) is 4.31. The Labute approximate surface area is 120 Å². The zero-order valence-corrected chi connectivity index (χ0v) is 11.8. The van der Waals surface area contributed by atoms with Crippen molar-refractivity contribution in [2.75, 3.05) is 33.0 Å². The molecule has 20 heavy (non-hydrogen) atoms. The molecule has 1 aliphatic heterocycles. The van der Waals surface area contributed by atoms with Gasteiger partial charge in [-0.3, -0.25) is 0 Å². The third-order valence-electron chi connectivity index (χ3n) is 3.74. The smallest absolute Gasteiger partial charge is 0.119 e. The summed E-state index contributed by atoms with van der Waals surface area (Å²) in [5, 5.41) is 0. The van der Waals surface area contributed by atoms with Crippen molar-refractivity contribution < 1.29 is 18.9 Å². The first-order valence-corrected chi connectivity index (χ1v) is 7.45. The van der Waals surface area contributed by atoms with Crippen LogP contribution < -0.4 is 9.47 Å². The first-order valence-electron chi connectivity index (χ1n) is 7.45. The summed E-state index contributed by atoms with van der Waals surface area (Å²) in [7, 11) is 0. The van der Waals surface area contributed by atoms with Crippen molar-refractivity contribution >= 4 is 0 Å².